The fourth-order valence-corrected chi connectivity index (χ4v) is 8.13. The van der Waals surface area contributed by atoms with Gasteiger partial charge in [-0.1, -0.05) is 78.9 Å². The van der Waals surface area contributed by atoms with Crippen LogP contribution in [-0.4, -0.2) is 35.8 Å². The molecule has 1 saturated heterocycles. The first-order valence-electron chi connectivity index (χ1n) is 13.7. The number of hydrogen-bond donors (Lipinski definition) is 1. The number of halogens is 2. The molecule has 0 spiro atoms. The molecule has 1 aliphatic heterocycles. The molecule has 4 aliphatic rings. The molecule has 0 unspecified atom stereocenters. The molecule has 1 heterocycles. The molecule has 8 heteroatoms. The second-order valence-corrected chi connectivity index (χ2v) is 12.1. The lowest BCUT2D eigenvalue weighted by Gasteiger charge is -2.54. The van der Waals surface area contributed by atoms with Crippen molar-refractivity contribution < 1.29 is 19.1 Å². The molecule has 4 aromatic carbocycles. The van der Waals surface area contributed by atoms with Crippen molar-refractivity contribution in [2.75, 3.05) is 12.4 Å². The average molecular weight is 597 g/mol. The number of benzene rings is 4. The highest BCUT2D eigenvalue weighted by Gasteiger charge is 2.73. The van der Waals surface area contributed by atoms with Crippen LogP contribution in [0, 0.1) is 11.8 Å². The fraction of sp³-hybridized carbons (Fsp3) is 0.206. The third-order valence-electron chi connectivity index (χ3n) is 8.86. The highest BCUT2D eigenvalue weighted by atomic mass is 35.5. The van der Waals surface area contributed by atoms with E-state index in [4.69, 9.17) is 27.9 Å². The number of carbonyl (C=O) groups excluding carboxylic acids is 3. The van der Waals surface area contributed by atoms with Gasteiger partial charge in [0.05, 0.1) is 18.9 Å². The molecule has 3 atom stereocenters. The van der Waals surface area contributed by atoms with E-state index in [1.807, 2.05) is 78.9 Å². The zero-order chi connectivity index (χ0) is 29.2. The number of nitrogens with one attached hydrogen (secondary N) is 1. The zero-order valence-electron chi connectivity index (χ0n) is 22.6. The summed E-state index contributed by atoms with van der Waals surface area (Å²) in [7, 11) is 1.56. The van der Waals surface area contributed by atoms with E-state index in [-0.39, 0.29) is 6.42 Å². The predicted molar refractivity (Wildman–Crippen MR) is 161 cm³/mol. The molecule has 0 saturated carbocycles. The van der Waals surface area contributed by atoms with Gasteiger partial charge in [-0.25, -0.2) is 0 Å². The van der Waals surface area contributed by atoms with Crippen molar-refractivity contribution >= 4 is 46.6 Å². The van der Waals surface area contributed by atoms with E-state index in [2.05, 4.69) is 5.32 Å². The van der Waals surface area contributed by atoms with Crippen LogP contribution in [0.3, 0.4) is 0 Å². The van der Waals surface area contributed by atoms with Gasteiger partial charge in [-0.3, -0.25) is 19.3 Å². The zero-order valence-corrected chi connectivity index (χ0v) is 24.1. The summed E-state index contributed by atoms with van der Waals surface area (Å²) in [5.41, 5.74) is 4.18. The topological polar surface area (TPSA) is 75.7 Å². The maximum Gasteiger partial charge on any atom is 0.248 e. The summed E-state index contributed by atoms with van der Waals surface area (Å²) in [6.07, 6.45) is 0.129. The first-order valence-corrected chi connectivity index (χ1v) is 14.5. The van der Waals surface area contributed by atoms with Crippen LogP contribution in [0.25, 0.3) is 0 Å². The Hall–Kier alpha value is -4.13. The lowest BCUT2D eigenvalue weighted by atomic mass is 9.54. The van der Waals surface area contributed by atoms with Crippen molar-refractivity contribution in [3.8, 4) is 5.75 Å². The van der Waals surface area contributed by atoms with Crippen LogP contribution in [0.2, 0.25) is 0 Å². The van der Waals surface area contributed by atoms with Gasteiger partial charge in [0.2, 0.25) is 17.7 Å². The quantitative estimate of drug-likeness (QED) is 0.224. The van der Waals surface area contributed by atoms with Crippen molar-refractivity contribution in [3.63, 3.8) is 0 Å². The van der Waals surface area contributed by atoms with Gasteiger partial charge in [-0.05, 0) is 52.1 Å². The minimum absolute atomic E-state index is 0.129. The lowest BCUT2D eigenvalue weighted by molar-refractivity contribution is -0.146. The van der Waals surface area contributed by atoms with Gasteiger partial charge in [0.15, 0.2) is 0 Å². The van der Waals surface area contributed by atoms with Crippen LogP contribution < -0.4 is 10.1 Å². The van der Waals surface area contributed by atoms with Crippen LogP contribution in [0.4, 0.5) is 5.69 Å². The van der Waals surface area contributed by atoms with Crippen molar-refractivity contribution in [1.29, 1.82) is 0 Å². The summed E-state index contributed by atoms with van der Waals surface area (Å²) in [5, 5.41) is 2.90. The van der Waals surface area contributed by atoms with Gasteiger partial charge in [0.25, 0.3) is 0 Å². The summed E-state index contributed by atoms with van der Waals surface area (Å²) >= 11 is 15.2. The van der Waals surface area contributed by atoms with E-state index in [9.17, 15) is 14.4 Å². The summed E-state index contributed by atoms with van der Waals surface area (Å²) in [6, 6.07) is 30.0. The number of ether oxygens (including phenoxy) is 1. The van der Waals surface area contributed by atoms with Gasteiger partial charge in [-0.2, -0.15) is 0 Å². The molecule has 3 amide bonds. The number of imide groups is 1. The maximum absolute atomic E-state index is 14.5. The van der Waals surface area contributed by atoms with Crippen LogP contribution in [0.5, 0.6) is 5.75 Å². The fourth-order valence-electron chi connectivity index (χ4n) is 7.03. The molecular weight excluding hydrogens is 571 g/mol. The third kappa shape index (κ3) is 3.61. The molecule has 42 heavy (non-hydrogen) atoms. The van der Waals surface area contributed by atoms with E-state index in [1.165, 1.54) is 0 Å². The third-order valence-corrected chi connectivity index (χ3v) is 10.1. The molecule has 0 aromatic heterocycles. The number of methoxy groups -OCH3 is 1. The van der Waals surface area contributed by atoms with Gasteiger partial charge >= 0.3 is 0 Å². The minimum atomic E-state index is -1.32. The number of nitrogens with zero attached hydrogens (tertiary/aromatic N) is 1. The number of anilines is 1. The van der Waals surface area contributed by atoms with E-state index in [1.54, 1.807) is 31.4 Å². The summed E-state index contributed by atoms with van der Waals surface area (Å²) in [5.74, 6) is -2.82. The van der Waals surface area contributed by atoms with Gasteiger partial charge < -0.3 is 10.1 Å². The van der Waals surface area contributed by atoms with Gasteiger partial charge in [-0.15, -0.1) is 23.2 Å². The van der Waals surface area contributed by atoms with Crippen LogP contribution in [0.15, 0.2) is 103 Å². The van der Waals surface area contributed by atoms with E-state index < -0.39 is 45.3 Å². The molecule has 8 rings (SSSR count). The number of alkyl halides is 2. The van der Waals surface area contributed by atoms with Gasteiger partial charge in [0, 0.05) is 12.1 Å². The van der Waals surface area contributed by atoms with Crippen molar-refractivity contribution in [1.82, 2.24) is 4.90 Å². The van der Waals surface area contributed by atoms with Gasteiger partial charge in [0.1, 0.15) is 21.5 Å². The van der Waals surface area contributed by atoms with E-state index >= 15 is 0 Å². The van der Waals surface area contributed by atoms with E-state index in [0.717, 1.165) is 10.5 Å². The Balaban J connectivity index is 1.34. The molecule has 1 fully saturated rings. The molecular formula is C34H26Cl2N2O4. The first kappa shape index (κ1) is 26.7. The molecule has 2 bridgehead atoms. The average Bonchev–Trinajstić information content (AvgIpc) is 3.30. The second kappa shape index (κ2) is 9.72. The minimum Gasteiger partial charge on any atom is -0.497 e. The number of carbonyl (C=O) groups is 3. The van der Waals surface area contributed by atoms with Crippen LogP contribution in [0.1, 0.15) is 27.8 Å². The predicted octanol–water partition coefficient (Wildman–Crippen LogP) is 5.84. The Kier molecular flexibility index (Phi) is 6.19. The molecule has 3 aliphatic carbocycles. The molecule has 4 aromatic rings. The summed E-state index contributed by atoms with van der Waals surface area (Å²) in [6.45, 7) is 0. The Morgan fingerprint density at radius 2 is 1.21 bits per heavy atom. The standard InChI is InChI=1S/C34H26Cl2N2O4/c1-42-22-17-15-21(16-18-22)37-30(39)27(19-20-9-3-2-4-10-20)38-31(40)28-29(32(38)41)34(36)24-12-6-5-11-23(24)33(28,35)25-13-7-8-14-26(25)34/h2-18,27-29H,19H2,1H3,(H,37,39)/t27-,28-,29-,33?,34?/m0/s1. The number of hydrogen-bond acceptors (Lipinski definition) is 4. The largest absolute Gasteiger partial charge is 0.497 e. The number of rotatable bonds is 6. The van der Waals surface area contributed by atoms with Crippen molar-refractivity contribution in [3.05, 3.63) is 131 Å². The maximum atomic E-state index is 14.5. The lowest BCUT2D eigenvalue weighted by Crippen LogP contribution is -2.57. The Morgan fingerprint density at radius 3 is 1.67 bits per heavy atom. The number of amides is 3. The normalized spacial score (nSPS) is 25.8. The Morgan fingerprint density at radius 1 is 0.762 bits per heavy atom. The molecule has 6 nitrogen and oxygen atoms in total. The highest BCUT2D eigenvalue weighted by molar-refractivity contribution is 6.36. The van der Waals surface area contributed by atoms with Crippen LogP contribution >= 0.6 is 23.2 Å². The SMILES string of the molecule is COc1ccc(NC(=O)[C@H](Cc2ccccc2)N2C(=O)[C@@H]3[C@@H](C2=O)C2(Cl)c4ccccc4C3(Cl)c3ccccc32)cc1. The number of likely N-dealkylation sites (tertiary alicyclic amines) is 1. The summed E-state index contributed by atoms with van der Waals surface area (Å²) in [4.78, 5) is 41.5. The van der Waals surface area contributed by atoms with Crippen LogP contribution in [-0.2, 0) is 30.6 Å². The molecule has 210 valence electrons. The van der Waals surface area contributed by atoms with Crippen molar-refractivity contribution in [2.24, 2.45) is 11.8 Å². The Bertz CT molecular complexity index is 1620. The summed E-state index contributed by atoms with van der Waals surface area (Å²) < 4.78 is 5.23. The molecule has 1 N–H and O–H groups in total. The van der Waals surface area contributed by atoms with E-state index in [0.29, 0.717) is 33.7 Å². The highest BCUT2D eigenvalue weighted by Crippen LogP contribution is 2.69. The Labute approximate surface area is 253 Å². The smallest absolute Gasteiger partial charge is 0.248 e. The first-order chi connectivity index (χ1) is 20.3. The monoisotopic (exact) mass is 596 g/mol. The second-order valence-electron chi connectivity index (χ2n) is 10.9. The van der Waals surface area contributed by atoms with Crippen molar-refractivity contribution in [2.45, 2.75) is 22.2 Å². The molecule has 0 radical (unpaired) electrons.